The summed E-state index contributed by atoms with van der Waals surface area (Å²) in [5, 5.41) is 11.6. The van der Waals surface area contributed by atoms with Gasteiger partial charge in [0.15, 0.2) is 5.01 Å². The Balaban J connectivity index is 1.95. The first kappa shape index (κ1) is 15.3. The van der Waals surface area contributed by atoms with E-state index >= 15 is 0 Å². The molecule has 3 N–H and O–H groups in total. The minimum atomic E-state index is -4.38. The number of nitrogens with one attached hydrogen (secondary N) is 1. The van der Waals surface area contributed by atoms with Gasteiger partial charge in [0.25, 0.3) is 0 Å². The minimum Gasteiger partial charge on any atom is -0.374 e. The highest BCUT2D eigenvalue weighted by Crippen LogP contribution is 2.35. The van der Waals surface area contributed by atoms with Crippen LogP contribution in [-0.4, -0.2) is 10.2 Å². The quantitative estimate of drug-likeness (QED) is 0.736. The molecule has 0 fully saturated rings. The molecule has 8 heteroatoms. The van der Waals surface area contributed by atoms with Crippen molar-refractivity contribution in [1.29, 1.82) is 0 Å². The lowest BCUT2D eigenvalue weighted by Gasteiger charge is -2.12. The lowest BCUT2D eigenvalue weighted by atomic mass is 10.1. The van der Waals surface area contributed by atoms with Crippen molar-refractivity contribution >= 4 is 27.8 Å². The van der Waals surface area contributed by atoms with Gasteiger partial charge in [0.1, 0.15) is 0 Å². The zero-order valence-corrected chi connectivity index (χ0v) is 12.4. The average Bonchev–Trinajstić information content (AvgIpc) is 2.94. The van der Waals surface area contributed by atoms with Crippen molar-refractivity contribution in [2.75, 3.05) is 11.1 Å². The van der Waals surface area contributed by atoms with Crippen molar-refractivity contribution in [2.24, 2.45) is 0 Å². The van der Waals surface area contributed by atoms with Crippen LogP contribution in [0.1, 0.15) is 5.56 Å². The number of hydrogen-bond acceptors (Lipinski definition) is 5. The predicted octanol–water partition coefficient (Wildman–Crippen LogP) is 4.55. The number of alkyl halides is 3. The monoisotopic (exact) mass is 336 g/mol. The van der Waals surface area contributed by atoms with Crippen molar-refractivity contribution in [3.63, 3.8) is 0 Å². The van der Waals surface area contributed by atoms with Crippen LogP contribution in [0.4, 0.5) is 29.7 Å². The van der Waals surface area contributed by atoms with E-state index < -0.39 is 11.7 Å². The predicted molar refractivity (Wildman–Crippen MR) is 84.5 cm³/mol. The van der Waals surface area contributed by atoms with Gasteiger partial charge in [-0.15, -0.1) is 10.2 Å². The maximum Gasteiger partial charge on any atom is 0.416 e. The van der Waals surface area contributed by atoms with E-state index in [0.717, 1.165) is 17.7 Å². The zero-order valence-electron chi connectivity index (χ0n) is 11.6. The van der Waals surface area contributed by atoms with Gasteiger partial charge in [0.05, 0.1) is 5.56 Å². The summed E-state index contributed by atoms with van der Waals surface area (Å²) in [6.45, 7) is 0. The van der Waals surface area contributed by atoms with Crippen LogP contribution in [0.25, 0.3) is 10.6 Å². The first-order valence-electron chi connectivity index (χ1n) is 6.56. The van der Waals surface area contributed by atoms with Crippen molar-refractivity contribution in [2.45, 2.75) is 6.18 Å². The van der Waals surface area contributed by atoms with Gasteiger partial charge in [0.2, 0.25) is 5.13 Å². The van der Waals surface area contributed by atoms with Crippen molar-refractivity contribution in [1.82, 2.24) is 10.2 Å². The molecule has 0 unspecified atom stereocenters. The van der Waals surface area contributed by atoms with Crippen molar-refractivity contribution < 1.29 is 13.2 Å². The summed E-state index contributed by atoms with van der Waals surface area (Å²) in [6, 6.07) is 12.2. The molecule has 4 nitrogen and oxygen atoms in total. The Morgan fingerprint density at radius 2 is 1.78 bits per heavy atom. The number of halogens is 3. The summed E-state index contributed by atoms with van der Waals surface area (Å²) in [5.41, 5.74) is 6.56. The molecule has 1 aromatic heterocycles. The molecular weight excluding hydrogens is 325 g/mol. The number of anilines is 3. The molecule has 0 atom stereocenters. The third kappa shape index (κ3) is 3.42. The molecule has 118 valence electrons. The molecule has 3 aromatic rings. The lowest BCUT2D eigenvalue weighted by molar-refractivity contribution is -0.137. The van der Waals surface area contributed by atoms with E-state index in [1.165, 1.54) is 17.4 Å². The van der Waals surface area contributed by atoms with Gasteiger partial charge in [-0.2, -0.15) is 13.2 Å². The summed E-state index contributed by atoms with van der Waals surface area (Å²) < 4.78 is 38.4. The number of nitrogen functional groups attached to an aromatic ring is 1. The topological polar surface area (TPSA) is 63.8 Å². The van der Waals surface area contributed by atoms with Gasteiger partial charge in [-0.05, 0) is 30.3 Å². The molecule has 2 aromatic carbocycles. The van der Waals surface area contributed by atoms with Gasteiger partial charge in [0, 0.05) is 16.9 Å². The summed E-state index contributed by atoms with van der Waals surface area (Å²) in [4.78, 5) is 0. The van der Waals surface area contributed by atoms with Crippen LogP contribution in [-0.2, 0) is 6.18 Å². The highest BCUT2D eigenvalue weighted by Gasteiger charge is 2.30. The van der Waals surface area contributed by atoms with E-state index in [9.17, 15) is 13.2 Å². The van der Waals surface area contributed by atoms with Crippen LogP contribution in [0, 0.1) is 0 Å². The van der Waals surface area contributed by atoms with E-state index in [2.05, 4.69) is 15.5 Å². The zero-order chi connectivity index (χ0) is 16.4. The smallest absolute Gasteiger partial charge is 0.374 e. The van der Waals surface area contributed by atoms with Crippen LogP contribution in [0.3, 0.4) is 0 Å². The van der Waals surface area contributed by atoms with E-state index in [-0.39, 0.29) is 0 Å². The number of aromatic nitrogens is 2. The summed E-state index contributed by atoms with van der Waals surface area (Å²) in [5.74, 6) is 0. The van der Waals surface area contributed by atoms with Gasteiger partial charge >= 0.3 is 6.18 Å². The second-order valence-corrected chi connectivity index (χ2v) is 5.70. The molecule has 0 aliphatic rings. The standard InChI is InChI=1S/C15H11F3N4S/c16-15(17,18)9-4-3-5-10(8-9)20-12-7-2-1-6-11(12)13-21-22-14(19)23-13/h1-8,20H,(H2,19,22). The molecular formula is C15H11F3N4S. The normalized spacial score (nSPS) is 11.4. The average molecular weight is 336 g/mol. The number of para-hydroxylation sites is 1. The van der Waals surface area contributed by atoms with E-state index in [1.807, 2.05) is 6.07 Å². The molecule has 1 heterocycles. The van der Waals surface area contributed by atoms with E-state index in [4.69, 9.17) is 5.73 Å². The molecule has 0 aliphatic heterocycles. The number of benzene rings is 2. The number of nitrogens with zero attached hydrogens (tertiary/aromatic N) is 2. The highest BCUT2D eigenvalue weighted by atomic mass is 32.1. The van der Waals surface area contributed by atoms with Crippen molar-refractivity contribution in [3.05, 3.63) is 54.1 Å². The SMILES string of the molecule is Nc1nnc(-c2ccccc2Nc2cccc(C(F)(F)F)c2)s1. The molecule has 0 radical (unpaired) electrons. The maximum absolute atomic E-state index is 12.8. The van der Waals surface area contributed by atoms with E-state index in [0.29, 0.717) is 21.5 Å². The highest BCUT2D eigenvalue weighted by molar-refractivity contribution is 7.18. The van der Waals surface area contributed by atoms with Gasteiger partial charge in [-0.3, -0.25) is 0 Å². The fourth-order valence-electron chi connectivity index (χ4n) is 2.05. The second-order valence-electron chi connectivity index (χ2n) is 4.69. The number of rotatable bonds is 3. The van der Waals surface area contributed by atoms with Gasteiger partial charge < -0.3 is 11.1 Å². The first-order chi connectivity index (χ1) is 10.9. The Labute approximate surface area is 133 Å². The summed E-state index contributed by atoms with van der Waals surface area (Å²) in [7, 11) is 0. The van der Waals surface area contributed by atoms with Crippen molar-refractivity contribution in [3.8, 4) is 10.6 Å². The molecule has 0 saturated heterocycles. The molecule has 3 rings (SSSR count). The fraction of sp³-hybridized carbons (Fsp3) is 0.0667. The Morgan fingerprint density at radius 1 is 1.00 bits per heavy atom. The molecule has 23 heavy (non-hydrogen) atoms. The van der Waals surface area contributed by atoms with E-state index in [1.54, 1.807) is 24.3 Å². The van der Waals surface area contributed by atoms with Gasteiger partial charge in [-0.1, -0.05) is 29.5 Å². The first-order valence-corrected chi connectivity index (χ1v) is 7.38. The maximum atomic E-state index is 12.8. The second kappa shape index (κ2) is 5.88. The van der Waals surface area contributed by atoms with Crippen LogP contribution < -0.4 is 11.1 Å². The minimum absolute atomic E-state index is 0.328. The summed E-state index contributed by atoms with van der Waals surface area (Å²) >= 11 is 1.21. The third-order valence-corrected chi connectivity index (χ3v) is 3.85. The Kier molecular flexibility index (Phi) is 3.91. The number of hydrogen-bond donors (Lipinski definition) is 2. The van der Waals surface area contributed by atoms with Crippen LogP contribution in [0.15, 0.2) is 48.5 Å². The van der Waals surface area contributed by atoms with Crippen LogP contribution >= 0.6 is 11.3 Å². The summed E-state index contributed by atoms with van der Waals surface area (Å²) in [6.07, 6.45) is -4.38. The molecule has 0 aliphatic carbocycles. The molecule has 0 bridgehead atoms. The third-order valence-electron chi connectivity index (χ3n) is 3.07. The Hall–Kier alpha value is -2.61. The molecule has 0 saturated carbocycles. The van der Waals surface area contributed by atoms with Crippen LogP contribution in [0.5, 0.6) is 0 Å². The molecule has 0 amide bonds. The number of nitrogens with two attached hydrogens (primary N) is 1. The fourth-order valence-corrected chi connectivity index (χ4v) is 2.70. The van der Waals surface area contributed by atoms with Crippen LogP contribution in [0.2, 0.25) is 0 Å². The largest absolute Gasteiger partial charge is 0.416 e. The Bertz CT molecular complexity index is 829. The Morgan fingerprint density at radius 3 is 2.48 bits per heavy atom. The molecule has 0 spiro atoms. The van der Waals surface area contributed by atoms with Gasteiger partial charge in [-0.25, -0.2) is 0 Å². The lowest BCUT2D eigenvalue weighted by Crippen LogP contribution is -2.05.